The van der Waals surface area contributed by atoms with Crippen molar-refractivity contribution < 1.29 is 33.3 Å². The highest BCUT2D eigenvalue weighted by atomic mass is 16.6. The Labute approximate surface area is 244 Å². The Hall–Kier alpha value is -4.04. The standard InChI is InChI=1S/C29H39N5O8/c1-33-11-4-5-24(33)27(35)32-23(29(37)38-3)19-21-6-8-22(9-7-21)26-25(20-31-34(2)28(26)36)42-18-17-41-16-15-40-14-13-39-12-10-30/h4-9,11,20,23H,10,12-19,30H2,1-3H3,(H,32,35). The SMILES string of the molecule is COC(=O)C(Cc1ccc(-c2c(OCCOCCOCCOCCN)cnn(C)c2=O)cc1)NC(=O)c1cccn1C. The number of hydrogen-bond acceptors (Lipinski definition) is 10. The maximum Gasteiger partial charge on any atom is 0.328 e. The lowest BCUT2D eigenvalue weighted by molar-refractivity contribution is -0.142. The number of hydrogen-bond donors (Lipinski definition) is 2. The summed E-state index contributed by atoms with van der Waals surface area (Å²) in [5.41, 5.74) is 7.18. The van der Waals surface area contributed by atoms with E-state index in [4.69, 9.17) is 29.4 Å². The van der Waals surface area contributed by atoms with Gasteiger partial charge in [-0.05, 0) is 23.3 Å². The van der Waals surface area contributed by atoms with Crippen LogP contribution < -0.4 is 21.3 Å². The fourth-order valence-corrected chi connectivity index (χ4v) is 4.04. The van der Waals surface area contributed by atoms with Gasteiger partial charge in [0.2, 0.25) is 0 Å². The quantitative estimate of drug-likeness (QED) is 0.161. The number of carbonyl (C=O) groups excluding carboxylic acids is 2. The van der Waals surface area contributed by atoms with E-state index in [2.05, 4.69) is 10.4 Å². The fraction of sp³-hybridized carbons (Fsp3) is 0.448. The summed E-state index contributed by atoms with van der Waals surface area (Å²) in [6.45, 7) is 3.25. The first-order valence-corrected chi connectivity index (χ1v) is 13.6. The molecule has 1 aromatic carbocycles. The molecule has 0 saturated heterocycles. The zero-order valence-corrected chi connectivity index (χ0v) is 24.2. The van der Waals surface area contributed by atoms with Gasteiger partial charge in [-0.3, -0.25) is 9.59 Å². The Balaban J connectivity index is 1.59. The number of rotatable bonds is 18. The summed E-state index contributed by atoms with van der Waals surface area (Å²) in [7, 11) is 4.58. The molecule has 228 valence electrons. The number of nitrogens with zero attached hydrogens (tertiary/aromatic N) is 3. The van der Waals surface area contributed by atoms with Crippen LogP contribution in [0.25, 0.3) is 11.1 Å². The second kappa shape index (κ2) is 17.0. The van der Waals surface area contributed by atoms with Crippen LogP contribution in [0.2, 0.25) is 0 Å². The third-order valence-electron chi connectivity index (χ3n) is 6.24. The largest absolute Gasteiger partial charge is 0.489 e. The lowest BCUT2D eigenvalue weighted by Crippen LogP contribution is -2.43. The van der Waals surface area contributed by atoms with E-state index in [-0.39, 0.29) is 24.5 Å². The number of carbonyl (C=O) groups is 2. The van der Waals surface area contributed by atoms with E-state index in [1.165, 1.54) is 18.0 Å². The zero-order valence-electron chi connectivity index (χ0n) is 24.2. The van der Waals surface area contributed by atoms with Crippen LogP contribution >= 0.6 is 0 Å². The van der Waals surface area contributed by atoms with Crippen molar-refractivity contribution in [3.8, 4) is 16.9 Å². The molecule has 0 aliphatic carbocycles. The molecule has 3 rings (SSSR count). The molecule has 13 nitrogen and oxygen atoms in total. The number of methoxy groups -OCH3 is 1. The summed E-state index contributed by atoms with van der Waals surface area (Å²) >= 11 is 0. The number of aryl methyl sites for hydroxylation is 2. The van der Waals surface area contributed by atoms with Crippen molar-refractivity contribution in [2.24, 2.45) is 19.8 Å². The molecule has 42 heavy (non-hydrogen) atoms. The van der Waals surface area contributed by atoms with Gasteiger partial charge in [-0.15, -0.1) is 0 Å². The lowest BCUT2D eigenvalue weighted by atomic mass is 10.0. The number of nitrogens with one attached hydrogen (secondary N) is 1. The summed E-state index contributed by atoms with van der Waals surface area (Å²) in [5.74, 6) is -0.628. The lowest BCUT2D eigenvalue weighted by Gasteiger charge is -2.17. The number of esters is 1. The van der Waals surface area contributed by atoms with Gasteiger partial charge >= 0.3 is 5.97 Å². The maximum absolute atomic E-state index is 13.0. The first kappa shape index (κ1) is 32.5. The van der Waals surface area contributed by atoms with Gasteiger partial charge < -0.3 is 39.3 Å². The molecule has 2 heterocycles. The van der Waals surface area contributed by atoms with Gasteiger partial charge in [0.15, 0.2) is 5.75 Å². The molecule has 0 saturated carbocycles. The second-order valence-corrected chi connectivity index (χ2v) is 9.24. The molecular weight excluding hydrogens is 546 g/mol. The molecule has 0 bridgehead atoms. The van der Waals surface area contributed by atoms with E-state index in [0.717, 1.165) is 5.56 Å². The monoisotopic (exact) mass is 585 g/mol. The predicted molar refractivity (Wildman–Crippen MR) is 154 cm³/mol. The molecule has 0 aliphatic heterocycles. The molecule has 0 radical (unpaired) electrons. The first-order valence-electron chi connectivity index (χ1n) is 13.6. The average molecular weight is 586 g/mol. The molecule has 0 fully saturated rings. The summed E-state index contributed by atoms with van der Waals surface area (Å²) < 4.78 is 29.8. The summed E-state index contributed by atoms with van der Waals surface area (Å²) in [6, 6.07) is 9.60. The van der Waals surface area contributed by atoms with Gasteiger partial charge in [0.1, 0.15) is 18.3 Å². The fourth-order valence-electron chi connectivity index (χ4n) is 4.04. The Morgan fingerprint density at radius 1 is 0.952 bits per heavy atom. The van der Waals surface area contributed by atoms with Gasteiger partial charge in [-0.2, -0.15) is 5.10 Å². The molecule has 1 amide bonds. The molecule has 1 unspecified atom stereocenters. The molecule has 13 heteroatoms. The van der Waals surface area contributed by atoms with Crippen molar-refractivity contribution in [2.75, 3.05) is 59.9 Å². The number of ether oxygens (including phenoxy) is 5. The first-order chi connectivity index (χ1) is 20.3. The molecule has 0 aliphatic rings. The molecule has 2 aromatic heterocycles. The third-order valence-corrected chi connectivity index (χ3v) is 6.24. The van der Waals surface area contributed by atoms with E-state index in [1.807, 2.05) is 0 Å². The molecular formula is C29H39N5O8. The summed E-state index contributed by atoms with van der Waals surface area (Å²) in [4.78, 5) is 38.1. The van der Waals surface area contributed by atoms with Crippen LogP contribution in [-0.2, 0) is 44.3 Å². The van der Waals surface area contributed by atoms with Gasteiger partial charge in [-0.1, -0.05) is 24.3 Å². The normalized spacial score (nSPS) is 11.7. The topological polar surface area (TPSA) is 158 Å². The third kappa shape index (κ3) is 9.52. The van der Waals surface area contributed by atoms with Crippen molar-refractivity contribution in [1.82, 2.24) is 19.7 Å². The van der Waals surface area contributed by atoms with Crippen molar-refractivity contribution >= 4 is 11.9 Å². The Morgan fingerprint density at radius 2 is 1.60 bits per heavy atom. The molecule has 1 atom stereocenters. The highest BCUT2D eigenvalue weighted by Crippen LogP contribution is 2.26. The number of amides is 1. The van der Waals surface area contributed by atoms with Crippen LogP contribution in [0.4, 0.5) is 0 Å². The minimum atomic E-state index is -0.897. The molecule has 3 aromatic rings. The van der Waals surface area contributed by atoms with Gasteiger partial charge in [-0.25, -0.2) is 9.48 Å². The van der Waals surface area contributed by atoms with Crippen molar-refractivity contribution in [2.45, 2.75) is 12.5 Å². The molecule has 0 spiro atoms. The van der Waals surface area contributed by atoms with Crippen LogP contribution in [0.5, 0.6) is 5.75 Å². The van der Waals surface area contributed by atoms with Crippen LogP contribution in [0.15, 0.2) is 53.6 Å². The highest BCUT2D eigenvalue weighted by Gasteiger charge is 2.24. The van der Waals surface area contributed by atoms with E-state index in [0.29, 0.717) is 68.8 Å². The van der Waals surface area contributed by atoms with Crippen molar-refractivity contribution in [3.05, 3.63) is 70.4 Å². The predicted octanol–water partition coefficient (Wildman–Crippen LogP) is 0.687. The minimum absolute atomic E-state index is 0.197. The highest BCUT2D eigenvalue weighted by molar-refractivity contribution is 5.95. The van der Waals surface area contributed by atoms with Gasteiger partial charge in [0, 0.05) is 33.3 Å². The van der Waals surface area contributed by atoms with Crippen LogP contribution in [0.3, 0.4) is 0 Å². The van der Waals surface area contributed by atoms with Gasteiger partial charge in [0.05, 0.1) is 58.5 Å². The summed E-state index contributed by atoms with van der Waals surface area (Å²) in [5, 5.41) is 6.82. The number of aromatic nitrogens is 3. The van der Waals surface area contributed by atoms with Crippen LogP contribution in [0, 0.1) is 0 Å². The van der Waals surface area contributed by atoms with Crippen molar-refractivity contribution in [3.63, 3.8) is 0 Å². The van der Waals surface area contributed by atoms with E-state index in [9.17, 15) is 14.4 Å². The maximum atomic E-state index is 13.0. The number of benzene rings is 1. The average Bonchev–Trinajstić information content (AvgIpc) is 3.43. The second-order valence-electron chi connectivity index (χ2n) is 9.24. The smallest absolute Gasteiger partial charge is 0.328 e. The zero-order chi connectivity index (χ0) is 30.3. The van der Waals surface area contributed by atoms with Crippen molar-refractivity contribution in [1.29, 1.82) is 0 Å². The van der Waals surface area contributed by atoms with E-state index < -0.39 is 12.0 Å². The summed E-state index contributed by atoms with van der Waals surface area (Å²) in [6.07, 6.45) is 3.43. The Kier molecular flexibility index (Phi) is 13.2. The van der Waals surface area contributed by atoms with E-state index >= 15 is 0 Å². The van der Waals surface area contributed by atoms with Crippen LogP contribution in [0.1, 0.15) is 16.1 Å². The van der Waals surface area contributed by atoms with Crippen LogP contribution in [-0.4, -0.2) is 92.2 Å². The molecule has 3 N–H and O–H groups in total. The van der Waals surface area contributed by atoms with E-state index in [1.54, 1.807) is 61.3 Å². The number of nitrogens with two attached hydrogens (primary N) is 1. The minimum Gasteiger partial charge on any atom is -0.489 e. The Bertz CT molecular complexity index is 1340. The Morgan fingerprint density at radius 3 is 2.19 bits per heavy atom. The van der Waals surface area contributed by atoms with Gasteiger partial charge in [0.25, 0.3) is 11.5 Å².